The van der Waals surface area contributed by atoms with E-state index in [0.717, 1.165) is 11.5 Å². The molecule has 1 fully saturated rings. The molecule has 0 unspecified atom stereocenters. The van der Waals surface area contributed by atoms with Crippen molar-refractivity contribution < 1.29 is 8.42 Å². The second-order valence-electron chi connectivity index (χ2n) is 7.11. The molecule has 0 saturated carbocycles. The van der Waals surface area contributed by atoms with Gasteiger partial charge in [0.25, 0.3) is 0 Å². The molecule has 1 aliphatic rings. The van der Waals surface area contributed by atoms with E-state index < -0.39 is 10.0 Å². The monoisotopic (exact) mass is 443 g/mol. The number of aryl methyl sites for hydroxylation is 1. The largest absolute Gasteiger partial charge is 0.352 e. The summed E-state index contributed by atoms with van der Waals surface area (Å²) in [6, 6.07) is 18.1. The first kappa shape index (κ1) is 20.6. The van der Waals surface area contributed by atoms with E-state index in [2.05, 4.69) is 15.5 Å². The van der Waals surface area contributed by atoms with Crippen LogP contribution < -0.4 is 10.2 Å². The molecule has 0 amide bonds. The van der Waals surface area contributed by atoms with Crippen LogP contribution in [0.3, 0.4) is 0 Å². The van der Waals surface area contributed by atoms with Gasteiger partial charge in [-0.1, -0.05) is 29.3 Å². The van der Waals surface area contributed by atoms with Crippen molar-refractivity contribution in [2.45, 2.75) is 11.8 Å². The SMILES string of the molecule is Cc1ccc(Nc2ccc(N3CCN(S(=O)(=O)c4ccc(Cl)cc4)CC3)nn2)cc1. The van der Waals surface area contributed by atoms with E-state index in [9.17, 15) is 8.42 Å². The number of benzene rings is 2. The third kappa shape index (κ3) is 4.56. The highest BCUT2D eigenvalue weighted by atomic mass is 35.5. The van der Waals surface area contributed by atoms with Gasteiger partial charge in [0, 0.05) is 36.9 Å². The van der Waals surface area contributed by atoms with Crippen LogP contribution in [0.2, 0.25) is 5.02 Å². The number of halogens is 1. The lowest BCUT2D eigenvalue weighted by atomic mass is 10.2. The van der Waals surface area contributed by atoms with E-state index >= 15 is 0 Å². The Hall–Kier alpha value is -2.68. The second-order valence-corrected chi connectivity index (χ2v) is 9.49. The lowest BCUT2D eigenvalue weighted by Crippen LogP contribution is -2.48. The molecule has 30 heavy (non-hydrogen) atoms. The minimum atomic E-state index is -3.53. The summed E-state index contributed by atoms with van der Waals surface area (Å²) in [4.78, 5) is 2.29. The average Bonchev–Trinajstić information content (AvgIpc) is 2.76. The number of nitrogens with zero attached hydrogens (tertiary/aromatic N) is 4. The van der Waals surface area contributed by atoms with Crippen LogP contribution in [0.4, 0.5) is 17.3 Å². The number of rotatable bonds is 5. The molecule has 0 atom stereocenters. The van der Waals surface area contributed by atoms with Gasteiger partial charge in [-0.05, 0) is 55.5 Å². The van der Waals surface area contributed by atoms with Crippen LogP contribution in [0, 0.1) is 6.92 Å². The van der Waals surface area contributed by atoms with Crippen molar-refractivity contribution in [1.82, 2.24) is 14.5 Å². The lowest BCUT2D eigenvalue weighted by molar-refractivity contribution is 0.383. The first-order chi connectivity index (χ1) is 14.4. The van der Waals surface area contributed by atoms with Crippen LogP contribution in [-0.2, 0) is 10.0 Å². The molecule has 0 bridgehead atoms. The summed E-state index contributed by atoms with van der Waals surface area (Å²) in [6.45, 7) is 3.91. The summed E-state index contributed by atoms with van der Waals surface area (Å²) < 4.78 is 27.1. The van der Waals surface area contributed by atoms with Crippen LogP contribution in [0.5, 0.6) is 0 Å². The molecule has 2 heterocycles. The van der Waals surface area contributed by atoms with E-state index in [1.54, 1.807) is 12.1 Å². The van der Waals surface area contributed by atoms with E-state index in [1.165, 1.54) is 22.0 Å². The Bertz CT molecular complexity index is 1100. The van der Waals surface area contributed by atoms with E-state index in [-0.39, 0.29) is 4.90 Å². The van der Waals surface area contributed by atoms with Gasteiger partial charge in [-0.3, -0.25) is 0 Å². The van der Waals surface area contributed by atoms with Crippen LogP contribution in [0.1, 0.15) is 5.56 Å². The summed E-state index contributed by atoms with van der Waals surface area (Å²) in [6.07, 6.45) is 0. The molecule has 9 heteroatoms. The minimum absolute atomic E-state index is 0.256. The fourth-order valence-electron chi connectivity index (χ4n) is 3.26. The fourth-order valence-corrected chi connectivity index (χ4v) is 4.81. The number of sulfonamides is 1. The second kappa shape index (κ2) is 8.59. The number of hydrogen-bond acceptors (Lipinski definition) is 6. The highest BCUT2D eigenvalue weighted by molar-refractivity contribution is 7.89. The van der Waals surface area contributed by atoms with Crippen LogP contribution in [0.25, 0.3) is 0 Å². The normalized spacial score (nSPS) is 15.2. The number of anilines is 3. The molecule has 7 nitrogen and oxygen atoms in total. The first-order valence-corrected chi connectivity index (χ1v) is 11.4. The Morgan fingerprint density at radius 1 is 0.867 bits per heavy atom. The van der Waals surface area contributed by atoms with Crippen molar-refractivity contribution in [3.63, 3.8) is 0 Å². The van der Waals surface area contributed by atoms with Gasteiger partial charge in [0.15, 0.2) is 11.6 Å². The molecule has 1 aliphatic heterocycles. The molecular weight excluding hydrogens is 422 g/mol. The van der Waals surface area contributed by atoms with Crippen molar-refractivity contribution >= 4 is 38.9 Å². The maximum Gasteiger partial charge on any atom is 0.243 e. The standard InChI is InChI=1S/C21H22ClN5O2S/c1-16-2-6-18(7-3-16)23-20-10-11-21(25-24-20)26-12-14-27(15-13-26)30(28,29)19-8-4-17(22)5-9-19/h2-11H,12-15H2,1H3,(H,23,24). The predicted octanol–water partition coefficient (Wildman–Crippen LogP) is 3.69. The minimum Gasteiger partial charge on any atom is -0.352 e. The quantitative estimate of drug-likeness (QED) is 0.647. The van der Waals surface area contributed by atoms with Crippen LogP contribution in [-0.4, -0.2) is 49.1 Å². The maximum absolute atomic E-state index is 12.8. The van der Waals surface area contributed by atoms with Gasteiger partial charge in [-0.25, -0.2) is 8.42 Å². The summed E-state index contributed by atoms with van der Waals surface area (Å²) in [5, 5.41) is 12.3. The maximum atomic E-state index is 12.8. The highest BCUT2D eigenvalue weighted by Crippen LogP contribution is 2.22. The van der Waals surface area contributed by atoms with Crippen LogP contribution >= 0.6 is 11.6 Å². The molecule has 1 saturated heterocycles. The molecular formula is C21H22ClN5O2S. The number of aromatic nitrogens is 2. The average molecular weight is 444 g/mol. The van der Waals surface area contributed by atoms with Crippen molar-refractivity contribution in [1.29, 1.82) is 0 Å². The molecule has 2 aromatic carbocycles. The van der Waals surface area contributed by atoms with Gasteiger partial charge in [0.1, 0.15) is 0 Å². The van der Waals surface area contributed by atoms with Crippen molar-refractivity contribution in [2.24, 2.45) is 0 Å². The zero-order valence-electron chi connectivity index (χ0n) is 16.5. The molecule has 1 N–H and O–H groups in total. The highest BCUT2D eigenvalue weighted by Gasteiger charge is 2.29. The third-order valence-corrected chi connectivity index (χ3v) is 7.15. The van der Waals surface area contributed by atoms with Gasteiger partial charge >= 0.3 is 0 Å². The number of hydrogen-bond donors (Lipinski definition) is 1. The Morgan fingerprint density at radius 3 is 2.13 bits per heavy atom. The molecule has 156 valence electrons. The number of nitrogens with one attached hydrogen (secondary N) is 1. The topological polar surface area (TPSA) is 78.4 Å². The summed E-state index contributed by atoms with van der Waals surface area (Å²) in [7, 11) is -3.53. The summed E-state index contributed by atoms with van der Waals surface area (Å²) in [5.41, 5.74) is 2.14. The van der Waals surface area contributed by atoms with Gasteiger partial charge < -0.3 is 10.2 Å². The third-order valence-electron chi connectivity index (χ3n) is 4.99. The molecule has 0 spiro atoms. The van der Waals surface area contributed by atoms with Gasteiger partial charge in [-0.15, -0.1) is 10.2 Å². The smallest absolute Gasteiger partial charge is 0.243 e. The molecule has 4 rings (SSSR count). The molecule has 0 aliphatic carbocycles. The summed E-state index contributed by atoms with van der Waals surface area (Å²) >= 11 is 5.86. The summed E-state index contributed by atoms with van der Waals surface area (Å²) in [5.74, 6) is 1.39. The van der Waals surface area contributed by atoms with Crippen molar-refractivity contribution in [2.75, 3.05) is 36.4 Å². The van der Waals surface area contributed by atoms with Gasteiger partial charge in [0.2, 0.25) is 10.0 Å². The Labute approximate surface area is 181 Å². The zero-order valence-corrected chi connectivity index (χ0v) is 18.1. The zero-order chi connectivity index (χ0) is 21.1. The Kier molecular flexibility index (Phi) is 5.90. The van der Waals surface area contributed by atoms with E-state index in [1.807, 2.05) is 48.2 Å². The lowest BCUT2D eigenvalue weighted by Gasteiger charge is -2.34. The molecule has 1 aromatic heterocycles. The fraction of sp³-hybridized carbons (Fsp3) is 0.238. The Balaban J connectivity index is 1.38. The predicted molar refractivity (Wildman–Crippen MR) is 119 cm³/mol. The molecule has 0 radical (unpaired) electrons. The van der Waals surface area contributed by atoms with E-state index in [0.29, 0.717) is 37.0 Å². The van der Waals surface area contributed by atoms with Crippen molar-refractivity contribution in [3.8, 4) is 0 Å². The first-order valence-electron chi connectivity index (χ1n) is 9.60. The van der Waals surface area contributed by atoms with E-state index in [4.69, 9.17) is 11.6 Å². The van der Waals surface area contributed by atoms with Crippen molar-refractivity contribution in [3.05, 3.63) is 71.2 Å². The van der Waals surface area contributed by atoms with Crippen LogP contribution in [0.15, 0.2) is 65.6 Å². The molecule has 3 aromatic rings. The number of piperazine rings is 1. The van der Waals surface area contributed by atoms with Gasteiger partial charge in [0.05, 0.1) is 4.90 Å². The van der Waals surface area contributed by atoms with Gasteiger partial charge in [-0.2, -0.15) is 4.31 Å². The Morgan fingerprint density at radius 2 is 1.53 bits per heavy atom.